The molecular formula is C14H15F4NO2. The Labute approximate surface area is 119 Å². The third-order valence-electron chi connectivity index (χ3n) is 3.35. The first-order valence-electron chi connectivity index (χ1n) is 6.56. The third kappa shape index (κ3) is 3.93. The zero-order valence-electron chi connectivity index (χ0n) is 11.3. The van der Waals surface area contributed by atoms with Gasteiger partial charge in [-0.1, -0.05) is 0 Å². The molecule has 21 heavy (non-hydrogen) atoms. The third-order valence-corrected chi connectivity index (χ3v) is 3.35. The lowest BCUT2D eigenvalue weighted by atomic mass is 10.0. The van der Waals surface area contributed by atoms with Gasteiger partial charge < -0.3 is 10.1 Å². The average molecular weight is 305 g/mol. The quantitative estimate of drug-likeness (QED) is 0.853. The molecule has 0 aliphatic carbocycles. The second kappa shape index (κ2) is 6.01. The summed E-state index contributed by atoms with van der Waals surface area (Å²) in [5.74, 6) is -2.03. The number of ether oxygens (including phenoxy) is 1. The topological polar surface area (TPSA) is 38.3 Å². The van der Waals surface area contributed by atoms with E-state index in [9.17, 15) is 22.4 Å². The number of hydrogen-bond acceptors (Lipinski definition) is 2. The zero-order valence-corrected chi connectivity index (χ0v) is 11.3. The Morgan fingerprint density at radius 3 is 2.71 bits per heavy atom. The van der Waals surface area contributed by atoms with E-state index in [4.69, 9.17) is 4.74 Å². The van der Waals surface area contributed by atoms with Gasteiger partial charge in [-0.3, -0.25) is 4.79 Å². The maximum atomic E-state index is 13.2. The summed E-state index contributed by atoms with van der Waals surface area (Å²) in [7, 11) is 0. The highest BCUT2D eigenvalue weighted by Crippen LogP contribution is 2.31. The van der Waals surface area contributed by atoms with Crippen molar-refractivity contribution in [2.45, 2.75) is 38.1 Å². The second-order valence-electron chi connectivity index (χ2n) is 5.07. The normalized spacial score (nSPS) is 22.9. The Kier molecular flexibility index (Phi) is 4.51. The van der Waals surface area contributed by atoms with E-state index in [1.54, 1.807) is 0 Å². The molecule has 1 heterocycles. The summed E-state index contributed by atoms with van der Waals surface area (Å²) < 4.78 is 56.3. The minimum Gasteiger partial charge on any atom is -0.378 e. The molecular weight excluding hydrogens is 290 g/mol. The van der Waals surface area contributed by atoms with E-state index >= 15 is 0 Å². The van der Waals surface area contributed by atoms with E-state index in [-0.39, 0.29) is 17.7 Å². The molecule has 2 unspecified atom stereocenters. The van der Waals surface area contributed by atoms with Crippen molar-refractivity contribution >= 4 is 5.91 Å². The first kappa shape index (κ1) is 15.8. The van der Waals surface area contributed by atoms with Gasteiger partial charge in [0.25, 0.3) is 5.91 Å². The van der Waals surface area contributed by atoms with Crippen LogP contribution in [0.15, 0.2) is 18.2 Å². The first-order chi connectivity index (χ1) is 9.77. The molecule has 1 fully saturated rings. The Morgan fingerprint density at radius 2 is 2.10 bits per heavy atom. The van der Waals surface area contributed by atoms with Gasteiger partial charge in [-0.15, -0.1) is 0 Å². The molecule has 0 saturated carbocycles. The molecule has 1 amide bonds. The largest absolute Gasteiger partial charge is 0.419 e. The van der Waals surface area contributed by atoms with Gasteiger partial charge in [0, 0.05) is 18.2 Å². The highest BCUT2D eigenvalue weighted by atomic mass is 19.4. The number of benzene rings is 1. The van der Waals surface area contributed by atoms with Crippen LogP contribution in [0.1, 0.15) is 35.7 Å². The van der Waals surface area contributed by atoms with Gasteiger partial charge in [0.05, 0.1) is 11.7 Å². The lowest BCUT2D eigenvalue weighted by Crippen LogP contribution is -2.41. The maximum absolute atomic E-state index is 13.2. The molecule has 1 saturated heterocycles. The SMILES string of the molecule is CC1CC(NC(=O)c2ccc(F)c(C(F)(F)F)c2)CCO1. The monoisotopic (exact) mass is 305 g/mol. The Morgan fingerprint density at radius 1 is 1.38 bits per heavy atom. The van der Waals surface area contributed by atoms with Crippen molar-refractivity contribution in [3.8, 4) is 0 Å². The van der Waals surface area contributed by atoms with Gasteiger partial charge >= 0.3 is 6.18 Å². The van der Waals surface area contributed by atoms with E-state index in [0.29, 0.717) is 31.6 Å². The predicted molar refractivity (Wildman–Crippen MR) is 67.3 cm³/mol. The van der Waals surface area contributed by atoms with Crippen molar-refractivity contribution in [2.75, 3.05) is 6.61 Å². The van der Waals surface area contributed by atoms with E-state index in [1.807, 2.05) is 6.92 Å². The molecule has 1 aromatic carbocycles. The van der Waals surface area contributed by atoms with Crippen molar-refractivity contribution < 1.29 is 27.1 Å². The van der Waals surface area contributed by atoms with Crippen molar-refractivity contribution in [3.05, 3.63) is 35.1 Å². The molecule has 3 nitrogen and oxygen atoms in total. The van der Waals surface area contributed by atoms with Crippen molar-refractivity contribution in [1.29, 1.82) is 0 Å². The molecule has 1 N–H and O–H groups in total. The summed E-state index contributed by atoms with van der Waals surface area (Å²) in [4.78, 5) is 12.0. The number of carbonyl (C=O) groups is 1. The minimum absolute atomic E-state index is 0.0111. The summed E-state index contributed by atoms with van der Waals surface area (Å²) >= 11 is 0. The van der Waals surface area contributed by atoms with Gasteiger partial charge in [0.1, 0.15) is 5.82 Å². The van der Waals surface area contributed by atoms with Gasteiger partial charge in [0.2, 0.25) is 0 Å². The van der Waals surface area contributed by atoms with Crippen molar-refractivity contribution in [3.63, 3.8) is 0 Å². The molecule has 2 atom stereocenters. The molecule has 0 spiro atoms. The van der Waals surface area contributed by atoms with E-state index < -0.39 is 23.5 Å². The molecule has 0 aromatic heterocycles. The smallest absolute Gasteiger partial charge is 0.378 e. The van der Waals surface area contributed by atoms with E-state index in [2.05, 4.69) is 5.32 Å². The maximum Gasteiger partial charge on any atom is 0.419 e. The Balaban J connectivity index is 2.12. The van der Waals surface area contributed by atoms with Gasteiger partial charge in [-0.25, -0.2) is 4.39 Å². The summed E-state index contributed by atoms with van der Waals surface area (Å²) in [5, 5.41) is 2.65. The van der Waals surface area contributed by atoms with Crippen LogP contribution in [-0.4, -0.2) is 24.7 Å². The summed E-state index contributed by atoms with van der Waals surface area (Å²) in [6.45, 7) is 2.35. The summed E-state index contributed by atoms with van der Waals surface area (Å²) in [6.07, 6.45) is -3.64. The number of nitrogens with one attached hydrogen (secondary N) is 1. The average Bonchev–Trinajstić information content (AvgIpc) is 2.37. The van der Waals surface area contributed by atoms with Crippen LogP contribution in [0.2, 0.25) is 0 Å². The molecule has 0 bridgehead atoms. The zero-order chi connectivity index (χ0) is 15.6. The van der Waals surface area contributed by atoms with E-state index in [1.165, 1.54) is 0 Å². The van der Waals surface area contributed by atoms with Crippen LogP contribution in [-0.2, 0) is 10.9 Å². The number of rotatable bonds is 2. The van der Waals surface area contributed by atoms with Crippen LogP contribution in [0.25, 0.3) is 0 Å². The van der Waals surface area contributed by atoms with Crippen LogP contribution < -0.4 is 5.32 Å². The highest BCUT2D eigenvalue weighted by molar-refractivity contribution is 5.94. The first-order valence-corrected chi connectivity index (χ1v) is 6.56. The summed E-state index contributed by atoms with van der Waals surface area (Å²) in [5.41, 5.74) is -1.64. The second-order valence-corrected chi connectivity index (χ2v) is 5.07. The van der Waals surface area contributed by atoms with Gasteiger partial charge in [-0.05, 0) is 38.0 Å². The fourth-order valence-electron chi connectivity index (χ4n) is 2.28. The van der Waals surface area contributed by atoms with Crippen molar-refractivity contribution in [2.24, 2.45) is 0 Å². The molecule has 0 radical (unpaired) electrons. The molecule has 1 aromatic rings. The summed E-state index contributed by atoms with van der Waals surface area (Å²) in [6, 6.07) is 2.08. The molecule has 1 aliphatic rings. The predicted octanol–water partition coefficient (Wildman–Crippen LogP) is 3.14. The lowest BCUT2D eigenvalue weighted by Gasteiger charge is -2.28. The van der Waals surface area contributed by atoms with Crippen LogP contribution in [0.3, 0.4) is 0 Å². The lowest BCUT2D eigenvalue weighted by molar-refractivity contribution is -0.140. The van der Waals surface area contributed by atoms with Gasteiger partial charge in [0.15, 0.2) is 0 Å². The highest BCUT2D eigenvalue weighted by Gasteiger charge is 2.34. The van der Waals surface area contributed by atoms with Crippen LogP contribution in [0.5, 0.6) is 0 Å². The Hall–Kier alpha value is -1.63. The molecule has 1 aliphatic heterocycles. The van der Waals surface area contributed by atoms with Crippen LogP contribution >= 0.6 is 0 Å². The standard InChI is InChI=1S/C14H15F4NO2/c1-8-6-10(4-5-21-8)19-13(20)9-2-3-12(15)11(7-9)14(16,17)18/h2-3,7-8,10H,4-6H2,1H3,(H,19,20). The number of halogens is 4. The fraction of sp³-hybridized carbons (Fsp3) is 0.500. The number of alkyl halides is 3. The number of hydrogen-bond donors (Lipinski definition) is 1. The molecule has 116 valence electrons. The minimum atomic E-state index is -4.83. The molecule has 2 rings (SSSR count). The number of carbonyl (C=O) groups excluding carboxylic acids is 1. The van der Waals surface area contributed by atoms with Crippen molar-refractivity contribution in [1.82, 2.24) is 5.32 Å². The number of amides is 1. The van der Waals surface area contributed by atoms with Crippen LogP contribution in [0, 0.1) is 5.82 Å². The van der Waals surface area contributed by atoms with Crippen LogP contribution in [0.4, 0.5) is 17.6 Å². The Bertz CT molecular complexity index is 530. The van der Waals surface area contributed by atoms with Gasteiger partial charge in [-0.2, -0.15) is 13.2 Å². The van der Waals surface area contributed by atoms with E-state index in [0.717, 1.165) is 6.07 Å². The molecule has 7 heteroatoms. The fourth-order valence-corrected chi connectivity index (χ4v) is 2.28.